The molecule has 3 heteroatoms. The van der Waals surface area contributed by atoms with Crippen LogP contribution in [0.1, 0.15) is 12.3 Å². The second-order valence-corrected chi connectivity index (χ2v) is 11.3. The second kappa shape index (κ2) is 9.59. The maximum atomic E-state index is 9.43. The van der Waals surface area contributed by atoms with E-state index in [1.165, 1.54) is 4.90 Å². The number of nitrogens with zero attached hydrogens (tertiary/aromatic N) is 1. The highest BCUT2D eigenvalue weighted by molar-refractivity contribution is 7.25. The van der Waals surface area contributed by atoms with Crippen LogP contribution in [0.4, 0.5) is 17.1 Å². The predicted molar refractivity (Wildman–Crippen MR) is 184 cm³/mol. The summed E-state index contributed by atoms with van der Waals surface area (Å²) < 4.78 is 89.2. The van der Waals surface area contributed by atoms with Gasteiger partial charge in [-0.15, -0.1) is 11.3 Å². The second-order valence-electron chi connectivity index (χ2n) is 10.3. The summed E-state index contributed by atoms with van der Waals surface area (Å²) in [4.78, 5) is 1.27. The number of anilines is 3. The molecule has 2 nitrogen and oxygen atoms in total. The van der Waals surface area contributed by atoms with Gasteiger partial charge in [0, 0.05) is 42.3 Å². The highest BCUT2D eigenvalue weighted by atomic mass is 32.1. The van der Waals surface area contributed by atoms with Crippen molar-refractivity contribution < 1.29 is 16.8 Å². The predicted octanol–water partition coefficient (Wildman–Crippen LogP) is 12.2. The summed E-state index contributed by atoms with van der Waals surface area (Å²) in [7, 11) is 0. The van der Waals surface area contributed by atoms with E-state index in [4.69, 9.17) is 11.3 Å². The molecule has 2 heterocycles. The lowest BCUT2D eigenvalue weighted by molar-refractivity contribution is 0.672. The molecule has 0 aliphatic carbocycles. The normalized spacial score (nSPS) is 14.7. The number of hydrogen-bond acceptors (Lipinski definition) is 3. The highest BCUT2D eigenvalue weighted by Crippen LogP contribution is 2.44. The van der Waals surface area contributed by atoms with Gasteiger partial charge in [0.25, 0.3) is 0 Å². The van der Waals surface area contributed by atoms with Gasteiger partial charge in [0.15, 0.2) is 0 Å². The first kappa shape index (κ1) is 16.9. The van der Waals surface area contributed by atoms with E-state index in [1.54, 1.807) is 35.6 Å². The van der Waals surface area contributed by atoms with Gasteiger partial charge in [0.2, 0.25) is 0 Å². The average Bonchev–Trinajstić information content (AvgIpc) is 3.73. The van der Waals surface area contributed by atoms with Crippen molar-refractivity contribution in [2.45, 2.75) is 0 Å². The molecule has 0 N–H and O–H groups in total. The fourth-order valence-corrected chi connectivity index (χ4v) is 7.02. The quantitative estimate of drug-likeness (QED) is 0.207. The molecule has 0 fully saturated rings. The molecule has 0 amide bonds. The Morgan fingerprint density at radius 2 is 1.30 bits per heavy atom. The molecule has 2 aromatic heterocycles. The van der Waals surface area contributed by atoms with Crippen LogP contribution in [0.5, 0.6) is 0 Å². The fourth-order valence-electron chi connectivity index (χ4n) is 5.87. The van der Waals surface area contributed by atoms with Crippen LogP contribution in [0.3, 0.4) is 0 Å². The van der Waals surface area contributed by atoms with Crippen LogP contribution in [-0.2, 0) is 0 Å². The SMILES string of the molecule is [2H]c1c([2H])c([2H])c(N(c2c([2H])c([2H])c(-c3ccc4c(c3)sc3ccccc34)c([2H])c2[2H])c2cccc3oc4c5ccccc5ccc4c23)c([2H])c1[2H]. The van der Waals surface area contributed by atoms with Crippen molar-refractivity contribution >= 4 is 81.3 Å². The van der Waals surface area contributed by atoms with E-state index in [9.17, 15) is 5.48 Å². The van der Waals surface area contributed by atoms with Crippen molar-refractivity contribution in [3.8, 4) is 11.1 Å². The van der Waals surface area contributed by atoms with Crippen LogP contribution in [0, 0.1) is 0 Å². The first-order valence-electron chi connectivity index (χ1n) is 18.3. The Balaban J connectivity index is 1.36. The maximum absolute atomic E-state index is 9.43. The Morgan fingerprint density at radius 3 is 2.19 bits per heavy atom. The minimum Gasteiger partial charge on any atom is -0.455 e. The van der Waals surface area contributed by atoms with Crippen LogP contribution < -0.4 is 4.90 Å². The third-order valence-corrected chi connectivity index (χ3v) is 8.95. The molecule has 0 radical (unpaired) electrons. The third kappa shape index (κ3) is 3.86. The zero-order valence-corrected chi connectivity index (χ0v) is 23.3. The van der Waals surface area contributed by atoms with E-state index in [-0.39, 0.29) is 34.7 Å². The molecule has 0 aliphatic rings. The first-order chi connectivity index (χ1) is 25.1. The number of fused-ring (bicyclic) bond motifs is 8. The molecular formula is C40H25NOS. The first-order valence-corrected chi connectivity index (χ1v) is 14.6. The Morgan fingerprint density at radius 1 is 0.558 bits per heavy atom. The van der Waals surface area contributed by atoms with Gasteiger partial charge >= 0.3 is 0 Å². The van der Waals surface area contributed by atoms with Crippen molar-refractivity contribution in [3.63, 3.8) is 0 Å². The molecule has 9 rings (SSSR count). The smallest absolute Gasteiger partial charge is 0.143 e. The summed E-state index contributed by atoms with van der Waals surface area (Å²) in [6, 6.07) is 25.8. The molecule has 7 aromatic carbocycles. The van der Waals surface area contributed by atoms with E-state index < -0.39 is 42.3 Å². The molecule has 0 atom stereocenters. The largest absolute Gasteiger partial charge is 0.455 e. The minimum atomic E-state index is -0.597. The number of benzene rings is 7. The molecule has 0 aliphatic heterocycles. The van der Waals surface area contributed by atoms with Crippen molar-refractivity contribution in [1.29, 1.82) is 0 Å². The van der Waals surface area contributed by atoms with Gasteiger partial charge in [-0.1, -0.05) is 96.9 Å². The van der Waals surface area contributed by atoms with Crippen molar-refractivity contribution in [2.24, 2.45) is 0 Å². The van der Waals surface area contributed by atoms with Gasteiger partial charge in [-0.2, -0.15) is 0 Å². The summed E-state index contributed by atoms with van der Waals surface area (Å²) in [6.07, 6.45) is 0. The van der Waals surface area contributed by atoms with E-state index in [0.717, 1.165) is 30.9 Å². The summed E-state index contributed by atoms with van der Waals surface area (Å²) in [5, 5.41) is 5.10. The molecule has 0 bridgehead atoms. The Bertz CT molecular complexity index is 2930. The Labute approximate surface area is 265 Å². The van der Waals surface area contributed by atoms with Gasteiger partial charge in [-0.05, 0) is 71.0 Å². The van der Waals surface area contributed by atoms with E-state index in [1.807, 2.05) is 72.8 Å². The van der Waals surface area contributed by atoms with Gasteiger partial charge < -0.3 is 9.32 Å². The lowest BCUT2D eigenvalue weighted by Gasteiger charge is -2.26. The fraction of sp³-hybridized carbons (Fsp3) is 0. The number of furan rings is 1. The van der Waals surface area contributed by atoms with Crippen molar-refractivity contribution in [2.75, 3.05) is 4.90 Å². The molecule has 202 valence electrons. The van der Waals surface area contributed by atoms with E-state index in [2.05, 4.69) is 0 Å². The highest BCUT2D eigenvalue weighted by Gasteiger charge is 2.20. The Kier molecular flexibility index (Phi) is 3.77. The zero-order valence-electron chi connectivity index (χ0n) is 31.5. The van der Waals surface area contributed by atoms with Crippen LogP contribution in [0.2, 0.25) is 0 Å². The monoisotopic (exact) mass is 576 g/mol. The maximum Gasteiger partial charge on any atom is 0.143 e. The molecule has 0 unspecified atom stereocenters. The average molecular weight is 577 g/mol. The molecular weight excluding hydrogens is 543 g/mol. The third-order valence-electron chi connectivity index (χ3n) is 7.82. The number of thiophene rings is 1. The van der Waals surface area contributed by atoms with Gasteiger partial charge in [0.05, 0.1) is 23.4 Å². The Hall–Kier alpha value is -5.38. The van der Waals surface area contributed by atoms with E-state index >= 15 is 0 Å². The molecule has 9 aromatic rings. The van der Waals surface area contributed by atoms with Crippen LogP contribution in [-0.4, -0.2) is 0 Å². The summed E-state index contributed by atoms with van der Waals surface area (Å²) in [5.41, 5.74) is 1.31. The molecule has 0 spiro atoms. The van der Waals surface area contributed by atoms with Gasteiger partial charge in [-0.25, -0.2) is 0 Å². The molecule has 0 saturated heterocycles. The summed E-state index contributed by atoms with van der Waals surface area (Å²) in [5.74, 6) is 0. The lowest BCUT2D eigenvalue weighted by atomic mass is 10.0. The number of rotatable bonds is 4. The lowest BCUT2D eigenvalue weighted by Crippen LogP contribution is -2.10. The van der Waals surface area contributed by atoms with E-state index in [0.29, 0.717) is 27.5 Å². The standard InChI is InChI=1S/C40H25NOS/c1-2-10-29(11-3-1)41(35-14-8-15-36-39(35)34-24-19-27-9-4-5-12-31(27)40(34)42-36)30-21-17-26(18-22-30)28-20-23-33-32-13-6-7-16-37(32)43-38(33)25-28/h1-25H/i1D,2D,3D,10D,11D,17D,18D,21D,22D. The zero-order chi connectivity index (χ0) is 36.2. The number of hydrogen-bond donors (Lipinski definition) is 0. The van der Waals surface area contributed by atoms with Crippen LogP contribution >= 0.6 is 11.3 Å². The van der Waals surface area contributed by atoms with Gasteiger partial charge in [-0.3, -0.25) is 0 Å². The van der Waals surface area contributed by atoms with Crippen LogP contribution in [0.25, 0.3) is 64.0 Å². The summed E-state index contributed by atoms with van der Waals surface area (Å²) >= 11 is 1.58. The minimum absolute atomic E-state index is 0.0950. The number of para-hydroxylation sites is 1. The van der Waals surface area contributed by atoms with Crippen LogP contribution in [0.15, 0.2) is 156 Å². The van der Waals surface area contributed by atoms with Crippen molar-refractivity contribution in [3.05, 3.63) is 151 Å². The van der Waals surface area contributed by atoms with Crippen molar-refractivity contribution in [1.82, 2.24) is 0 Å². The summed E-state index contributed by atoms with van der Waals surface area (Å²) in [6.45, 7) is 0. The van der Waals surface area contributed by atoms with Gasteiger partial charge in [0.1, 0.15) is 11.2 Å². The molecule has 43 heavy (non-hydrogen) atoms. The topological polar surface area (TPSA) is 16.4 Å². The molecule has 0 saturated carbocycles.